The molecule has 0 bridgehead atoms. The quantitative estimate of drug-likeness (QED) is 0.440. The molecule has 0 spiro atoms. The number of anilines is 1. The second kappa shape index (κ2) is 9.49. The van der Waals surface area contributed by atoms with Gasteiger partial charge in [-0.05, 0) is 36.8 Å². The Kier molecular flexibility index (Phi) is 6.79. The topological polar surface area (TPSA) is 96.3 Å². The smallest absolute Gasteiger partial charge is 0.332 e. The molecule has 3 aromatic rings. The molecule has 1 heterocycles. The molecule has 0 aliphatic rings. The van der Waals surface area contributed by atoms with E-state index in [4.69, 9.17) is 10.5 Å². The highest BCUT2D eigenvalue weighted by molar-refractivity contribution is 8.00. The number of nitrogens with two attached hydrogens (primary N) is 1. The SMILES string of the molecule is CCOc1ccc(SCC(=O)c2c(N)n(Cc3ccccc3)c(=O)n(C)c2=O)cc1. The number of thioether (sulfide) groups is 1. The molecular weight excluding hydrogens is 402 g/mol. The van der Waals surface area contributed by atoms with Crippen LogP contribution in [0.15, 0.2) is 69.1 Å². The third-order valence-electron chi connectivity index (χ3n) is 4.55. The molecular formula is C22H23N3O4S. The highest BCUT2D eigenvalue weighted by atomic mass is 32.2. The van der Waals surface area contributed by atoms with Gasteiger partial charge in [0.1, 0.15) is 17.1 Å². The molecule has 30 heavy (non-hydrogen) atoms. The van der Waals surface area contributed by atoms with Gasteiger partial charge in [0.15, 0.2) is 5.78 Å². The number of hydrogen-bond acceptors (Lipinski definition) is 6. The summed E-state index contributed by atoms with van der Waals surface area (Å²) in [7, 11) is 1.35. The minimum Gasteiger partial charge on any atom is -0.494 e. The predicted molar refractivity (Wildman–Crippen MR) is 119 cm³/mol. The largest absolute Gasteiger partial charge is 0.494 e. The highest BCUT2D eigenvalue weighted by Crippen LogP contribution is 2.23. The van der Waals surface area contributed by atoms with Gasteiger partial charge in [0.2, 0.25) is 0 Å². The monoisotopic (exact) mass is 425 g/mol. The average molecular weight is 426 g/mol. The van der Waals surface area contributed by atoms with Gasteiger partial charge in [0.05, 0.1) is 18.9 Å². The first-order valence-corrected chi connectivity index (χ1v) is 10.4. The van der Waals surface area contributed by atoms with Crippen LogP contribution in [0.1, 0.15) is 22.8 Å². The summed E-state index contributed by atoms with van der Waals surface area (Å²) in [6, 6.07) is 16.6. The van der Waals surface area contributed by atoms with E-state index in [1.165, 1.54) is 23.4 Å². The van der Waals surface area contributed by atoms with Gasteiger partial charge in [0.25, 0.3) is 5.56 Å². The number of Topliss-reactive ketones (excluding diaryl/α,β-unsaturated/α-hetero) is 1. The fraction of sp³-hybridized carbons (Fsp3) is 0.227. The summed E-state index contributed by atoms with van der Waals surface area (Å²) >= 11 is 1.29. The molecule has 0 aliphatic carbocycles. The molecule has 0 unspecified atom stereocenters. The van der Waals surface area contributed by atoms with Crippen molar-refractivity contribution in [2.45, 2.75) is 18.4 Å². The van der Waals surface area contributed by atoms with E-state index in [1.807, 2.05) is 61.5 Å². The zero-order chi connectivity index (χ0) is 21.7. The Morgan fingerprint density at radius 3 is 2.37 bits per heavy atom. The third-order valence-corrected chi connectivity index (χ3v) is 5.56. The molecule has 2 N–H and O–H groups in total. The number of benzene rings is 2. The minimum atomic E-state index is -0.681. The summed E-state index contributed by atoms with van der Waals surface area (Å²) < 4.78 is 7.58. The lowest BCUT2D eigenvalue weighted by atomic mass is 10.2. The molecule has 156 valence electrons. The van der Waals surface area contributed by atoms with Gasteiger partial charge in [-0.25, -0.2) is 4.79 Å². The van der Waals surface area contributed by atoms with Crippen molar-refractivity contribution in [3.63, 3.8) is 0 Å². The summed E-state index contributed by atoms with van der Waals surface area (Å²) in [5.41, 5.74) is 5.57. The van der Waals surface area contributed by atoms with Crippen molar-refractivity contribution in [2.75, 3.05) is 18.1 Å². The van der Waals surface area contributed by atoms with Crippen LogP contribution in [0, 0.1) is 0 Å². The molecule has 0 aliphatic heterocycles. The van der Waals surface area contributed by atoms with E-state index < -0.39 is 17.0 Å². The van der Waals surface area contributed by atoms with E-state index in [0.717, 1.165) is 20.8 Å². The lowest BCUT2D eigenvalue weighted by Gasteiger charge is -2.14. The minimum absolute atomic E-state index is 0.0248. The van der Waals surface area contributed by atoms with E-state index in [-0.39, 0.29) is 23.7 Å². The van der Waals surface area contributed by atoms with Gasteiger partial charge >= 0.3 is 5.69 Å². The maximum Gasteiger partial charge on any atom is 0.332 e. The average Bonchev–Trinajstić information content (AvgIpc) is 2.76. The first kappa shape index (κ1) is 21.4. The van der Waals surface area contributed by atoms with Crippen molar-refractivity contribution >= 4 is 23.4 Å². The molecule has 0 atom stereocenters. The second-order valence-electron chi connectivity index (χ2n) is 6.59. The van der Waals surface area contributed by atoms with E-state index in [1.54, 1.807) is 0 Å². The molecule has 1 aromatic heterocycles. The first-order valence-electron chi connectivity index (χ1n) is 9.44. The summed E-state index contributed by atoms with van der Waals surface area (Å²) in [5.74, 6) is 0.245. The van der Waals surface area contributed by atoms with Gasteiger partial charge in [-0.3, -0.25) is 18.7 Å². The number of rotatable bonds is 8. The lowest BCUT2D eigenvalue weighted by Crippen LogP contribution is -2.43. The second-order valence-corrected chi connectivity index (χ2v) is 7.64. The third kappa shape index (κ3) is 4.65. The van der Waals surface area contributed by atoms with Crippen molar-refractivity contribution in [2.24, 2.45) is 7.05 Å². The molecule has 0 saturated carbocycles. The van der Waals surface area contributed by atoms with E-state index in [2.05, 4.69) is 0 Å². The lowest BCUT2D eigenvalue weighted by molar-refractivity contribution is 0.102. The molecule has 7 nitrogen and oxygen atoms in total. The number of nitrogen functional groups attached to an aromatic ring is 1. The molecule has 3 rings (SSSR count). The maximum absolute atomic E-state index is 12.8. The van der Waals surface area contributed by atoms with Gasteiger partial charge in [-0.1, -0.05) is 30.3 Å². The Labute approximate surface area is 178 Å². The van der Waals surface area contributed by atoms with Gasteiger partial charge < -0.3 is 10.5 Å². The number of carbonyl (C=O) groups is 1. The van der Waals surface area contributed by atoms with Crippen molar-refractivity contribution in [3.05, 3.63) is 86.6 Å². The predicted octanol–water partition coefficient (Wildman–Crippen LogP) is 2.55. The van der Waals surface area contributed by atoms with Crippen LogP contribution in [0.2, 0.25) is 0 Å². The number of ketones is 1. The summed E-state index contributed by atoms with van der Waals surface area (Å²) in [6.45, 7) is 2.65. The van der Waals surface area contributed by atoms with E-state index in [9.17, 15) is 14.4 Å². The number of ether oxygens (including phenoxy) is 1. The summed E-state index contributed by atoms with van der Waals surface area (Å²) in [4.78, 5) is 38.9. The summed E-state index contributed by atoms with van der Waals surface area (Å²) in [6.07, 6.45) is 0. The number of aromatic nitrogens is 2. The molecule has 0 fully saturated rings. The number of carbonyl (C=O) groups excluding carboxylic acids is 1. The van der Waals surface area contributed by atoms with Crippen molar-refractivity contribution < 1.29 is 9.53 Å². The standard InChI is InChI=1S/C22H23N3O4S/c1-3-29-16-9-11-17(12-10-16)30-14-18(26)19-20(23)25(22(28)24(2)21(19)27)13-15-7-5-4-6-8-15/h4-12H,3,13-14,23H2,1-2H3. The molecule has 2 aromatic carbocycles. The first-order chi connectivity index (χ1) is 14.4. The van der Waals surface area contributed by atoms with Crippen LogP contribution in [0.4, 0.5) is 5.82 Å². The van der Waals surface area contributed by atoms with Crippen molar-refractivity contribution in [1.29, 1.82) is 0 Å². The zero-order valence-electron chi connectivity index (χ0n) is 16.8. The fourth-order valence-corrected chi connectivity index (χ4v) is 3.75. The van der Waals surface area contributed by atoms with Crippen LogP contribution in [0.5, 0.6) is 5.75 Å². The van der Waals surface area contributed by atoms with E-state index >= 15 is 0 Å². The maximum atomic E-state index is 12.8. The number of hydrogen-bond donors (Lipinski definition) is 1. The van der Waals surface area contributed by atoms with Crippen LogP contribution in [-0.4, -0.2) is 27.3 Å². The number of nitrogens with zero attached hydrogens (tertiary/aromatic N) is 2. The molecule has 0 saturated heterocycles. The Morgan fingerprint density at radius 1 is 1.07 bits per heavy atom. The Balaban J connectivity index is 1.86. The van der Waals surface area contributed by atoms with E-state index in [0.29, 0.717) is 6.61 Å². The molecule has 8 heteroatoms. The van der Waals surface area contributed by atoms with Crippen LogP contribution in [-0.2, 0) is 13.6 Å². The molecule has 0 amide bonds. The Hall–Kier alpha value is -3.26. The summed E-state index contributed by atoms with van der Waals surface area (Å²) in [5, 5.41) is 0. The Bertz CT molecular complexity index is 1150. The van der Waals surface area contributed by atoms with Crippen LogP contribution in [0.25, 0.3) is 0 Å². The molecule has 0 radical (unpaired) electrons. The fourth-order valence-electron chi connectivity index (χ4n) is 2.98. The Morgan fingerprint density at radius 2 is 1.73 bits per heavy atom. The van der Waals surface area contributed by atoms with Crippen molar-refractivity contribution in [3.8, 4) is 5.75 Å². The highest BCUT2D eigenvalue weighted by Gasteiger charge is 2.21. The van der Waals surface area contributed by atoms with Gasteiger partial charge in [-0.15, -0.1) is 11.8 Å². The normalized spacial score (nSPS) is 10.7. The van der Waals surface area contributed by atoms with Crippen LogP contribution >= 0.6 is 11.8 Å². The van der Waals surface area contributed by atoms with Crippen LogP contribution < -0.4 is 21.7 Å². The van der Waals surface area contributed by atoms with Gasteiger partial charge in [0, 0.05) is 11.9 Å². The zero-order valence-corrected chi connectivity index (χ0v) is 17.6. The van der Waals surface area contributed by atoms with Gasteiger partial charge in [-0.2, -0.15) is 0 Å². The van der Waals surface area contributed by atoms with Crippen LogP contribution in [0.3, 0.4) is 0 Å². The van der Waals surface area contributed by atoms with Crippen molar-refractivity contribution in [1.82, 2.24) is 9.13 Å².